The fourth-order valence-electron chi connectivity index (χ4n) is 2.47. The molecule has 1 saturated carbocycles. The van der Waals surface area contributed by atoms with Crippen molar-refractivity contribution in [1.82, 2.24) is 0 Å². The Balaban J connectivity index is 2.39. The molecule has 0 amide bonds. The summed E-state index contributed by atoms with van der Waals surface area (Å²) >= 11 is 1.50. The summed E-state index contributed by atoms with van der Waals surface area (Å²) in [4.78, 5) is 14.9. The summed E-state index contributed by atoms with van der Waals surface area (Å²) in [5.41, 5.74) is 8.09. The number of nitrogens with two attached hydrogens (primary N) is 1. The molecule has 1 heterocycles. The van der Waals surface area contributed by atoms with Gasteiger partial charge in [0.15, 0.2) is 0 Å². The second-order valence-electron chi connectivity index (χ2n) is 5.14. The Morgan fingerprint density at radius 3 is 2.60 bits per heavy atom. The summed E-state index contributed by atoms with van der Waals surface area (Å²) in [6.07, 6.45) is 3.45. The van der Waals surface area contributed by atoms with Gasteiger partial charge in [0, 0.05) is 18.7 Å². The second-order valence-corrected chi connectivity index (χ2v) is 6.14. The third-order valence-corrected chi connectivity index (χ3v) is 4.83. The van der Waals surface area contributed by atoms with Crippen LogP contribution in [0.25, 0.3) is 0 Å². The lowest BCUT2D eigenvalue weighted by atomic mass is 10.1. The molecule has 112 valence electrons. The lowest BCUT2D eigenvalue weighted by molar-refractivity contribution is 0.0533. The summed E-state index contributed by atoms with van der Waals surface area (Å²) in [6.45, 7) is 8.46. The molecule has 5 heteroatoms. The molecule has 1 aliphatic rings. The van der Waals surface area contributed by atoms with E-state index in [1.54, 1.807) is 0 Å². The van der Waals surface area contributed by atoms with Crippen molar-refractivity contribution in [3.05, 3.63) is 10.4 Å². The zero-order valence-electron chi connectivity index (χ0n) is 12.6. The topological polar surface area (TPSA) is 55.6 Å². The number of hydrogen-bond acceptors (Lipinski definition) is 5. The van der Waals surface area contributed by atoms with E-state index >= 15 is 0 Å². The predicted molar refractivity (Wildman–Crippen MR) is 84.8 cm³/mol. The first-order chi connectivity index (χ1) is 9.63. The van der Waals surface area contributed by atoms with Crippen molar-refractivity contribution in [2.75, 3.05) is 30.3 Å². The van der Waals surface area contributed by atoms with Gasteiger partial charge >= 0.3 is 5.97 Å². The van der Waals surface area contributed by atoms with E-state index in [2.05, 4.69) is 18.7 Å². The Labute approximate surface area is 124 Å². The van der Waals surface area contributed by atoms with Gasteiger partial charge in [-0.3, -0.25) is 0 Å². The van der Waals surface area contributed by atoms with Crippen LogP contribution in [0, 0.1) is 0 Å². The molecule has 0 atom stereocenters. The number of nitrogen functional groups attached to an aromatic ring is 1. The molecule has 4 nitrogen and oxygen atoms in total. The Morgan fingerprint density at radius 1 is 1.40 bits per heavy atom. The molecule has 2 N–H and O–H groups in total. The number of rotatable bonds is 7. The van der Waals surface area contributed by atoms with Gasteiger partial charge in [-0.15, -0.1) is 11.3 Å². The summed E-state index contributed by atoms with van der Waals surface area (Å²) in [6, 6.07) is 0. The maximum Gasteiger partial charge on any atom is 0.350 e. The molecule has 0 aliphatic heterocycles. The van der Waals surface area contributed by atoms with E-state index in [1.807, 2.05) is 6.92 Å². The normalized spacial score (nSPS) is 14.3. The van der Waals surface area contributed by atoms with Crippen LogP contribution in [0.3, 0.4) is 0 Å². The predicted octanol–water partition coefficient (Wildman–Crippen LogP) is 3.62. The summed E-state index contributed by atoms with van der Waals surface area (Å²) < 4.78 is 5.12. The van der Waals surface area contributed by atoms with Crippen LogP contribution in [0.5, 0.6) is 0 Å². The minimum atomic E-state index is -0.282. The van der Waals surface area contributed by atoms with Crippen LogP contribution in [-0.4, -0.2) is 25.7 Å². The van der Waals surface area contributed by atoms with Gasteiger partial charge in [0.25, 0.3) is 0 Å². The monoisotopic (exact) mass is 296 g/mol. The molecule has 0 radical (unpaired) electrons. The fourth-order valence-corrected chi connectivity index (χ4v) is 3.76. The maximum atomic E-state index is 12.0. The molecule has 0 bridgehead atoms. The number of thiophene rings is 1. The molecular weight excluding hydrogens is 272 g/mol. The van der Waals surface area contributed by atoms with Crippen molar-refractivity contribution in [2.24, 2.45) is 0 Å². The Bertz CT molecular complexity index is 480. The molecular formula is C15H24N2O2S. The number of esters is 1. The van der Waals surface area contributed by atoms with E-state index in [4.69, 9.17) is 10.5 Å². The van der Waals surface area contributed by atoms with Crippen molar-refractivity contribution < 1.29 is 9.53 Å². The summed E-state index contributed by atoms with van der Waals surface area (Å²) in [7, 11) is 0. The quantitative estimate of drug-likeness (QED) is 0.781. The highest BCUT2D eigenvalue weighted by molar-refractivity contribution is 7.18. The SMILES string of the molecule is CCCN(CC)c1sc(C(=O)OCC)c(N)c1C1CC1. The highest BCUT2D eigenvalue weighted by atomic mass is 32.1. The van der Waals surface area contributed by atoms with E-state index in [-0.39, 0.29) is 5.97 Å². The van der Waals surface area contributed by atoms with E-state index in [1.165, 1.54) is 34.7 Å². The smallest absolute Gasteiger partial charge is 0.350 e. The number of nitrogens with zero attached hydrogens (tertiary/aromatic N) is 1. The third kappa shape index (κ3) is 2.92. The zero-order chi connectivity index (χ0) is 14.7. The minimum Gasteiger partial charge on any atom is -0.462 e. The lowest BCUT2D eigenvalue weighted by Crippen LogP contribution is -2.23. The minimum absolute atomic E-state index is 0.282. The first-order valence-corrected chi connectivity index (χ1v) is 8.29. The first kappa shape index (κ1) is 15.2. The van der Waals surface area contributed by atoms with Crippen LogP contribution in [0.1, 0.15) is 61.2 Å². The number of carbonyl (C=O) groups excluding carboxylic acids is 1. The molecule has 20 heavy (non-hydrogen) atoms. The molecule has 0 spiro atoms. The van der Waals surface area contributed by atoms with E-state index in [0.717, 1.165) is 19.5 Å². The van der Waals surface area contributed by atoms with Gasteiger partial charge in [0.05, 0.1) is 17.3 Å². The number of anilines is 2. The largest absolute Gasteiger partial charge is 0.462 e. The second kappa shape index (κ2) is 6.48. The van der Waals surface area contributed by atoms with Gasteiger partial charge in [0.1, 0.15) is 4.88 Å². The molecule has 1 aliphatic carbocycles. The number of carbonyl (C=O) groups is 1. The van der Waals surface area contributed by atoms with Crippen LogP contribution >= 0.6 is 11.3 Å². The molecule has 1 aromatic heterocycles. The van der Waals surface area contributed by atoms with Crippen molar-refractivity contribution in [3.8, 4) is 0 Å². The van der Waals surface area contributed by atoms with Gasteiger partial charge in [-0.1, -0.05) is 6.92 Å². The Morgan fingerprint density at radius 2 is 2.10 bits per heavy atom. The maximum absolute atomic E-state index is 12.0. The lowest BCUT2D eigenvalue weighted by Gasteiger charge is -2.22. The van der Waals surface area contributed by atoms with E-state index in [9.17, 15) is 4.79 Å². The van der Waals surface area contributed by atoms with Crippen LogP contribution in [0.4, 0.5) is 10.7 Å². The highest BCUT2D eigenvalue weighted by Crippen LogP contribution is 2.52. The van der Waals surface area contributed by atoms with Crippen LogP contribution < -0.4 is 10.6 Å². The number of ether oxygens (including phenoxy) is 1. The average molecular weight is 296 g/mol. The highest BCUT2D eigenvalue weighted by Gasteiger charge is 2.34. The third-order valence-electron chi connectivity index (χ3n) is 3.57. The van der Waals surface area contributed by atoms with Crippen LogP contribution in [-0.2, 0) is 4.74 Å². The fraction of sp³-hybridized carbons (Fsp3) is 0.667. The van der Waals surface area contributed by atoms with Crippen molar-refractivity contribution in [3.63, 3.8) is 0 Å². The molecule has 2 rings (SSSR count). The molecule has 0 saturated heterocycles. The Kier molecular flexibility index (Phi) is 4.91. The summed E-state index contributed by atoms with van der Waals surface area (Å²) in [5, 5.41) is 1.18. The van der Waals surface area contributed by atoms with Crippen molar-refractivity contribution >= 4 is 28.0 Å². The average Bonchev–Trinajstić information content (AvgIpc) is 3.20. The van der Waals surface area contributed by atoms with Gasteiger partial charge < -0.3 is 15.4 Å². The molecule has 0 aromatic carbocycles. The van der Waals surface area contributed by atoms with Crippen molar-refractivity contribution in [2.45, 2.75) is 46.0 Å². The van der Waals surface area contributed by atoms with E-state index < -0.39 is 0 Å². The van der Waals surface area contributed by atoms with Gasteiger partial charge in [0.2, 0.25) is 0 Å². The zero-order valence-corrected chi connectivity index (χ0v) is 13.4. The van der Waals surface area contributed by atoms with Crippen molar-refractivity contribution in [1.29, 1.82) is 0 Å². The standard InChI is InChI=1S/C15H24N2O2S/c1-4-9-17(5-2)14-11(10-7-8-10)12(16)13(20-14)15(18)19-6-3/h10H,4-9,16H2,1-3H3. The first-order valence-electron chi connectivity index (χ1n) is 7.48. The molecule has 1 aromatic rings. The Hall–Kier alpha value is -1.23. The van der Waals surface area contributed by atoms with Crippen LogP contribution in [0.2, 0.25) is 0 Å². The number of hydrogen-bond donors (Lipinski definition) is 1. The van der Waals surface area contributed by atoms with Gasteiger partial charge in [-0.2, -0.15) is 0 Å². The van der Waals surface area contributed by atoms with E-state index in [0.29, 0.717) is 23.1 Å². The summed E-state index contributed by atoms with van der Waals surface area (Å²) in [5.74, 6) is 0.256. The van der Waals surface area contributed by atoms with Gasteiger partial charge in [-0.05, 0) is 39.0 Å². The van der Waals surface area contributed by atoms with Crippen LogP contribution in [0.15, 0.2) is 0 Å². The van der Waals surface area contributed by atoms with Gasteiger partial charge in [-0.25, -0.2) is 4.79 Å². The molecule has 0 unspecified atom stereocenters. The molecule has 1 fully saturated rings.